The minimum absolute atomic E-state index is 0.0280. The van der Waals surface area contributed by atoms with Gasteiger partial charge < -0.3 is 19.7 Å². The fourth-order valence-corrected chi connectivity index (χ4v) is 3.44. The van der Waals surface area contributed by atoms with Crippen molar-refractivity contribution in [3.63, 3.8) is 0 Å². The second-order valence-electron chi connectivity index (χ2n) is 8.07. The van der Waals surface area contributed by atoms with E-state index in [1.807, 2.05) is 24.3 Å². The van der Waals surface area contributed by atoms with Crippen molar-refractivity contribution >= 4 is 12.0 Å². The maximum atomic E-state index is 12.2. The van der Waals surface area contributed by atoms with E-state index >= 15 is 0 Å². The third-order valence-electron chi connectivity index (χ3n) is 5.23. The first-order valence-electron chi connectivity index (χ1n) is 10.4. The Morgan fingerprint density at radius 3 is 2.61 bits per heavy atom. The predicted octanol–water partition coefficient (Wildman–Crippen LogP) is 4.12. The van der Waals surface area contributed by atoms with Crippen LogP contribution in [-0.4, -0.2) is 51.2 Å². The van der Waals surface area contributed by atoms with Crippen molar-refractivity contribution in [1.82, 2.24) is 10.2 Å². The number of amides is 1. The fourth-order valence-electron chi connectivity index (χ4n) is 3.44. The first kappa shape index (κ1) is 22.3. The van der Waals surface area contributed by atoms with Crippen molar-refractivity contribution in [2.75, 3.05) is 34.4 Å². The Morgan fingerprint density at radius 2 is 1.93 bits per heavy atom. The number of nitrogens with one attached hydrogen (secondary N) is 1. The number of carbonyl (C=O) groups excluding carboxylic acids is 1. The molecule has 0 saturated heterocycles. The zero-order valence-corrected chi connectivity index (χ0v) is 17.9. The van der Waals surface area contributed by atoms with Gasteiger partial charge in [0, 0.05) is 12.1 Å². The van der Waals surface area contributed by atoms with E-state index in [1.165, 1.54) is 12.8 Å². The second-order valence-corrected chi connectivity index (χ2v) is 8.07. The summed E-state index contributed by atoms with van der Waals surface area (Å²) in [5.74, 6) is 2.19. The van der Waals surface area contributed by atoms with Gasteiger partial charge in [-0.3, -0.25) is 4.79 Å². The number of nitrogens with zero attached hydrogens (tertiary/aromatic N) is 1. The summed E-state index contributed by atoms with van der Waals surface area (Å²) in [6.45, 7) is 4.01. The van der Waals surface area contributed by atoms with Crippen LogP contribution in [-0.2, 0) is 4.79 Å². The van der Waals surface area contributed by atoms with Crippen molar-refractivity contribution in [2.24, 2.45) is 5.92 Å². The fraction of sp³-hybridized carbons (Fsp3) is 0.609. The van der Waals surface area contributed by atoms with Crippen LogP contribution in [0.3, 0.4) is 0 Å². The summed E-state index contributed by atoms with van der Waals surface area (Å²) in [4.78, 5) is 14.4. The molecule has 0 unspecified atom stereocenters. The summed E-state index contributed by atoms with van der Waals surface area (Å²) in [6, 6.07) is 6.07. The normalized spacial score (nSPS) is 19.8. The number of hydrogen-bond acceptors (Lipinski definition) is 4. The smallest absolute Gasteiger partial charge is 0.244 e. The molecule has 28 heavy (non-hydrogen) atoms. The van der Waals surface area contributed by atoms with Gasteiger partial charge in [0.15, 0.2) is 11.5 Å². The van der Waals surface area contributed by atoms with Crippen LogP contribution >= 0.6 is 0 Å². The number of hydrogen-bond donors (Lipinski definition) is 1. The molecular formula is C23H36N2O3. The Kier molecular flexibility index (Phi) is 9.35. The maximum Gasteiger partial charge on any atom is 0.244 e. The molecule has 1 N–H and O–H groups in total. The average Bonchev–Trinajstić information content (AvgIpc) is 2.68. The lowest BCUT2D eigenvalue weighted by atomic mass is 9.87. The largest absolute Gasteiger partial charge is 0.493 e. The van der Waals surface area contributed by atoms with Crippen molar-refractivity contribution in [2.45, 2.75) is 51.5 Å². The molecule has 156 valence electrons. The molecule has 5 heteroatoms. The van der Waals surface area contributed by atoms with Crippen LogP contribution in [0.4, 0.5) is 0 Å². The summed E-state index contributed by atoms with van der Waals surface area (Å²) in [7, 11) is 5.79. The lowest BCUT2D eigenvalue weighted by Gasteiger charge is -2.26. The zero-order valence-electron chi connectivity index (χ0n) is 17.9. The summed E-state index contributed by atoms with van der Waals surface area (Å²) < 4.78 is 11.3. The Hall–Kier alpha value is -2.01. The number of rotatable bonds is 10. The van der Waals surface area contributed by atoms with Gasteiger partial charge in [0.2, 0.25) is 5.91 Å². The Morgan fingerprint density at radius 1 is 1.18 bits per heavy atom. The van der Waals surface area contributed by atoms with Crippen LogP contribution < -0.4 is 14.8 Å². The van der Waals surface area contributed by atoms with E-state index in [0.29, 0.717) is 18.4 Å². The monoisotopic (exact) mass is 388 g/mol. The number of benzene rings is 1. The van der Waals surface area contributed by atoms with E-state index in [0.717, 1.165) is 49.5 Å². The second kappa shape index (κ2) is 11.7. The van der Waals surface area contributed by atoms with E-state index in [4.69, 9.17) is 9.47 Å². The summed E-state index contributed by atoms with van der Waals surface area (Å²) in [5, 5.41) is 3.11. The highest BCUT2D eigenvalue weighted by molar-refractivity contribution is 5.92. The molecule has 1 saturated carbocycles. The number of carbonyl (C=O) groups is 1. The minimum atomic E-state index is -0.0280. The molecule has 0 spiro atoms. The van der Waals surface area contributed by atoms with Gasteiger partial charge in [-0.15, -0.1) is 0 Å². The van der Waals surface area contributed by atoms with Crippen molar-refractivity contribution in [3.05, 3.63) is 29.8 Å². The standard InChI is InChI=1S/C23H36N2O3/c1-18-7-11-20(12-8-18)24-23(26)14-10-19-9-13-21(22(17-19)27-4)28-16-6-5-15-25(2)3/h9-10,13-14,17-18,20H,5-8,11-12,15-16H2,1-4H3,(H,24,26)/t18-,20-. The van der Waals surface area contributed by atoms with E-state index in [-0.39, 0.29) is 5.91 Å². The van der Waals surface area contributed by atoms with Crippen molar-refractivity contribution in [1.29, 1.82) is 0 Å². The highest BCUT2D eigenvalue weighted by Gasteiger charge is 2.18. The SMILES string of the molecule is COc1cc(C=CC(=O)N[C@H]2CC[C@H](C)CC2)ccc1OCCCCN(C)C. The van der Waals surface area contributed by atoms with E-state index in [9.17, 15) is 4.79 Å². The molecule has 0 atom stereocenters. The first-order chi connectivity index (χ1) is 13.5. The summed E-state index contributed by atoms with van der Waals surface area (Å²) >= 11 is 0. The third kappa shape index (κ3) is 7.93. The van der Waals surface area contributed by atoms with Gasteiger partial charge in [-0.1, -0.05) is 13.0 Å². The third-order valence-corrected chi connectivity index (χ3v) is 5.23. The quantitative estimate of drug-likeness (QED) is 0.484. The molecule has 0 aliphatic heterocycles. The van der Waals surface area contributed by atoms with Gasteiger partial charge in [-0.25, -0.2) is 0 Å². The molecule has 1 aromatic rings. The van der Waals surface area contributed by atoms with Gasteiger partial charge in [-0.2, -0.15) is 0 Å². The summed E-state index contributed by atoms with van der Waals surface area (Å²) in [6.07, 6.45) is 10.1. The van der Waals surface area contributed by atoms with E-state index in [1.54, 1.807) is 13.2 Å². The lowest BCUT2D eigenvalue weighted by molar-refractivity contribution is -0.117. The average molecular weight is 389 g/mol. The van der Waals surface area contributed by atoms with Gasteiger partial charge in [0.25, 0.3) is 0 Å². The molecule has 0 bridgehead atoms. The van der Waals surface area contributed by atoms with E-state index < -0.39 is 0 Å². The van der Waals surface area contributed by atoms with Crippen molar-refractivity contribution in [3.8, 4) is 11.5 Å². The molecule has 1 aliphatic rings. The maximum absolute atomic E-state index is 12.2. The van der Waals surface area contributed by atoms with Gasteiger partial charge in [0.1, 0.15) is 0 Å². The van der Waals surface area contributed by atoms with Gasteiger partial charge in [-0.05, 0) is 88.9 Å². The number of unbranched alkanes of at least 4 members (excludes halogenated alkanes) is 1. The minimum Gasteiger partial charge on any atom is -0.493 e. The molecule has 1 fully saturated rings. The predicted molar refractivity (Wildman–Crippen MR) is 115 cm³/mol. The molecule has 0 radical (unpaired) electrons. The molecule has 1 aromatic carbocycles. The molecule has 0 heterocycles. The molecule has 1 aliphatic carbocycles. The van der Waals surface area contributed by atoms with Crippen LogP contribution in [0.15, 0.2) is 24.3 Å². The topological polar surface area (TPSA) is 50.8 Å². The molecule has 0 aromatic heterocycles. The highest BCUT2D eigenvalue weighted by Crippen LogP contribution is 2.29. The van der Waals surface area contributed by atoms with Crippen LogP contribution in [0.25, 0.3) is 6.08 Å². The zero-order chi connectivity index (χ0) is 20.4. The molecule has 2 rings (SSSR count). The van der Waals surface area contributed by atoms with Crippen LogP contribution in [0.5, 0.6) is 11.5 Å². The van der Waals surface area contributed by atoms with E-state index in [2.05, 4.69) is 31.2 Å². The van der Waals surface area contributed by atoms with Gasteiger partial charge in [0.05, 0.1) is 13.7 Å². The molecule has 5 nitrogen and oxygen atoms in total. The number of methoxy groups -OCH3 is 1. The van der Waals surface area contributed by atoms with Gasteiger partial charge >= 0.3 is 0 Å². The Bertz CT molecular complexity index is 635. The Labute approximate surface area is 170 Å². The highest BCUT2D eigenvalue weighted by atomic mass is 16.5. The molecular weight excluding hydrogens is 352 g/mol. The Balaban J connectivity index is 1.83. The lowest BCUT2D eigenvalue weighted by Crippen LogP contribution is -2.36. The summed E-state index contributed by atoms with van der Waals surface area (Å²) in [5.41, 5.74) is 0.921. The number of ether oxygens (including phenoxy) is 2. The van der Waals surface area contributed by atoms with Crippen LogP contribution in [0.2, 0.25) is 0 Å². The van der Waals surface area contributed by atoms with Crippen LogP contribution in [0.1, 0.15) is 51.0 Å². The molecule has 1 amide bonds. The van der Waals surface area contributed by atoms with Crippen molar-refractivity contribution < 1.29 is 14.3 Å². The first-order valence-corrected chi connectivity index (χ1v) is 10.4. The van der Waals surface area contributed by atoms with Crippen LogP contribution in [0, 0.1) is 5.92 Å².